The molecule has 1 saturated carbocycles. The van der Waals surface area contributed by atoms with Gasteiger partial charge in [0.2, 0.25) is 0 Å². The quantitative estimate of drug-likeness (QED) is 0.724. The molecule has 1 aliphatic carbocycles. The summed E-state index contributed by atoms with van der Waals surface area (Å²) in [7, 11) is 0. The number of benzene rings is 1. The van der Waals surface area contributed by atoms with Crippen LogP contribution in [-0.2, 0) is 0 Å². The number of imide groups is 1. The third-order valence-electron chi connectivity index (χ3n) is 3.91. The number of carbonyl (C=O) groups excluding carboxylic acids is 2. The predicted molar refractivity (Wildman–Crippen MR) is 66.6 cm³/mol. The van der Waals surface area contributed by atoms with E-state index >= 15 is 0 Å². The highest BCUT2D eigenvalue weighted by Gasteiger charge is 2.44. The van der Waals surface area contributed by atoms with Gasteiger partial charge in [0, 0.05) is 0 Å². The third kappa shape index (κ3) is 1.86. The maximum absolute atomic E-state index is 12.3. The second-order valence-electron chi connectivity index (χ2n) is 5.13. The number of aliphatic hydroxyl groups excluding tert-OH is 2. The molecule has 1 heterocycles. The molecular formula is C14H15NO4. The third-order valence-corrected chi connectivity index (χ3v) is 3.91. The number of aliphatic hydroxyl groups is 2. The van der Waals surface area contributed by atoms with Crippen LogP contribution in [0, 0.1) is 0 Å². The summed E-state index contributed by atoms with van der Waals surface area (Å²) in [5.74, 6) is -0.752. The maximum Gasteiger partial charge on any atom is 0.261 e. The number of fused-ring (bicyclic) bond motifs is 1. The van der Waals surface area contributed by atoms with Gasteiger partial charge in [0.15, 0.2) is 0 Å². The summed E-state index contributed by atoms with van der Waals surface area (Å²) >= 11 is 0. The maximum atomic E-state index is 12.3. The monoisotopic (exact) mass is 261 g/mol. The molecule has 0 bridgehead atoms. The molecule has 19 heavy (non-hydrogen) atoms. The van der Waals surface area contributed by atoms with Crippen LogP contribution in [0.25, 0.3) is 0 Å². The lowest BCUT2D eigenvalue weighted by molar-refractivity contribution is -0.0118. The topological polar surface area (TPSA) is 77.8 Å². The summed E-state index contributed by atoms with van der Waals surface area (Å²) < 4.78 is 0. The summed E-state index contributed by atoms with van der Waals surface area (Å²) in [5, 5.41) is 19.7. The Kier molecular flexibility index (Phi) is 2.88. The molecule has 1 fully saturated rings. The Balaban J connectivity index is 1.95. The fourth-order valence-corrected chi connectivity index (χ4v) is 2.90. The van der Waals surface area contributed by atoms with Crippen molar-refractivity contribution in [3.8, 4) is 0 Å². The van der Waals surface area contributed by atoms with Crippen molar-refractivity contribution in [2.24, 2.45) is 0 Å². The second kappa shape index (κ2) is 4.43. The summed E-state index contributed by atoms with van der Waals surface area (Å²) in [4.78, 5) is 25.7. The van der Waals surface area contributed by atoms with Gasteiger partial charge in [-0.2, -0.15) is 0 Å². The molecule has 0 spiro atoms. The molecule has 3 atom stereocenters. The summed E-state index contributed by atoms with van der Waals surface area (Å²) in [5.41, 5.74) is 0.750. The number of amides is 2. The van der Waals surface area contributed by atoms with Crippen molar-refractivity contribution in [1.82, 2.24) is 4.90 Å². The lowest BCUT2D eigenvalue weighted by atomic mass is 9.89. The van der Waals surface area contributed by atoms with E-state index in [4.69, 9.17) is 0 Å². The fraction of sp³-hybridized carbons (Fsp3) is 0.429. The van der Waals surface area contributed by atoms with E-state index in [1.54, 1.807) is 24.3 Å². The largest absolute Gasteiger partial charge is 0.393 e. The average molecular weight is 261 g/mol. The molecule has 2 aliphatic rings. The molecule has 1 aromatic rings. The van der Waals surface area contributed by atoms with Crippen LogP contribution in [0.5, 0.6) is 0 Å². The summed E-state index contributed by atoms with van der Waals surface area (Å²) in [6, 6.07) is 6.01. The molecule has 1 aliphatic heterocycles. The van der Waals surface area contributed by atoms with Crippen LogP contribution >= 0.6 is 0 Å². The molecule has 0 saturated heterocycles. The van der Waals surface area contributed by atoms with Gasteiger partial charge < -0.3 is 10.2 Å². The van der Waals surface area contributed by atoms with Crippen molar-refractivity contribution in [2.45, 2.75) is 37.5 Å². The highest BCUT2D eigenvalue weighted by Crippen LogP contribution is 2.31. The van der Waals surface area contributed by atoms with Crippen LogP contribution in [0.1, 0.15) is 40.0 Å². The summed E-state index contributed by atoms with van der Waals surface area (Å²) in [6.07, 6.45) is -0.185. The van der Waals surface area contributed by atoms with Crippen molar-refractivity contribution in [3.63, 3.8) is 0 Å². The Labute approximate surface area is 110 Å². The summed E-state index contributed by atoms with van der Waals surface area (Å²) in [6.45, 7) is 0. The van der Waals surface area contributed by atoms with E-state index in [2.05, 4.69) is 0 Å². The Morgan fingerprint density at radius 1 is 1.00 bits per heavy atom. The SMILES string of the molecule is O=C1c2ccccc2C(=O)N1[C@@H]1C[C@@H](O)CC[C@H]1O. The first-order valence-corrected chi connectivity index (χ1v) is 6.42. The normalized spacial score (nSPS) is 30.6. The van der Waals surface area contributed by atoms with Crippen molar-refractivity contribution in [2.75, 3.05) is 0 Å². The van der Waals surface area contributed by atoms with E-state index < -0.39 is 18.2 Å². The molecule has 3 rings (SSSR count). The van der Waals surface area contributed by atoms with Crippen LogP contribution in [0.15, 0.2) is 24.3 Å². The lowest BCUT2D eigenvalue weighted by Gasteiger charge is -2.35. The molecule has 100 valence electrons. The number of hydrogen-bond donors (Lipinski definition) is 2. The molecular weight excluding hydrogens is 246 g/mol. The minimum absolute atomic E-state index is 0.243. The van der Waals surface area contributed by atoms with E-state index in [9.17, 15) is 19.8 Å². The highest BCUT2D eigenvalue weighted by atomic mass is 16.3. The van der Waals surface area contributed by atoms with Gasteiger partial charge in [-0.15, -0.1) is 0 Å². The molecule has 2 amide bonds. The molecule has 2 N–H and O–H groups in total. The zero-order valence-corrected chi connectivity index (χ0v) is 10.3. The van der Waals surface area contributed by atoms with Gasteiger partial charge >= 0.3 is 0 Å². The van der Waals surface area contributed by atoms with Gasteiger partial charge in [0.05, 0.1) is 29.4 Å². The second-order valence-corrected chi connectivity index (χ2v) is 5.13. The first kappa shape index (κ1) is 12.3. The number of rotatable bonds is 1. The van der Waals surface area contributed by atoms with E-state index in [1.807, 2.05) is 0 Å². The molecule has 5 heteroatoms. The van der Waals surface area contributed by atoms with Gasteiger partial charge in [-0.25, -0.2) is 0 Å². The molecule has 0 aromatic heterocycles. The standard InChI is InChI=1S/C14H15NO4/c16-8-5-6-12(17)11(7-8)15-13(18)9-3-1-2-4-10(9)14(15)19/h1-4,8,11-12,16-17H,5-7H2/t8-,11+,12+/m0/s1. The highest BCUT2D eigenvalue weighted by molar-refractivity contribution is 6.21. The lowest BCUT2D eigenvalue weighted by Crippen LogP contribution is -2.51. The van der Waals surface area contributed by atoms with Gasteiger partial charge in [-0.3, -0.25) is 14.5 Å². The number of carbonyl (C=O) groups is 2. The minimum atomic E-state index is -0.759. The van der Waals surface area contributed by atoms with Gasteiger partial charge in [0.1, 0.15) is 0 Å². The van der Waals surface area contributed by atoms with Gasteiger partial charge in [-0.1, -0.05) is 12.1 Å². The number of hydrogen-bond acceptors (Lipinski definition) is 4. The Hall–Kier alpha value is -1.72. The predicted octanol–water partition coefficient (Wildman–Crippen LogP) is 0.557. The van der Waals surface area contributed by atoms with E-state index in [1.165, 1.54) is 0 Å². The molecule has 0 radical (unpaired) electrons. The zero-order chi connectivity index (χ0) is 13.6. The van der Waals surface area contributed by atoms with Crippen molar-refractivity contribution >= 4 is 11.8 Å². The molecule has 5 nitrogen and oxygen atoms in total. The first-order chi connectivity index (χ1) is 9.09. The zero-order valence-electron chi connectivity index (χ0n) is 10.3. The van der Waals surface area contributed by atoms with E-state index in [0.717, 1.165) is 4.90 Å². The van der Waals surface area contributed by atoms with Crippen LogP contribution in [-0.4, -0.2) is 45.2 Å². The van der Waals surface area contributed by atoms with Crippen LogP contribution in [0.3, 0.4) is 0 Å². The van der Waals surface area contributed by atoms with E-state index in [-0.39, 0.29) is 18.2 Å². The smallest absolute Gasteiger partial charge is 0.261 e. The Morgan fingerprint density at radius 2 is 1.58 bits per heavy atom. The van der Waals surface area contributed by atoms with E-state index in [0.29, 0.717) is 24.0 Å². The van der Waals surface area contributed by atoms with Crippen LogP contribution in [0.2, 0.25) is 0 Å². The van der Waals surface area contributed by atoms with Crippen LogP contribution < -0.4 is 0 Å². The van der Waals surface area contributed by atoms with Crippen molar-refractivity contribution < 1.29 is 19.8 Å². The van der Waals surface area contributed by atoms with Crippen molar-refractivity contribution in [1.29, 1.82) is 0 Å². The van der Waals surface area contributed by atoms with Crippen LogP contribution in [0.4, 0.5) is 0 Å². The first-order valence-electron chi connectivity index (χ1n) is 6.42. The number of nitrogens with zero attached hydrogens (tertiary/aromatic N) is 1. The Bertz CT molecular complexity index is 507. The Morgan fingerprint density at radius 3 is 2.16 bits per heavy atom. The van der Waals surface area contributed by atoms with Gasteiger partial charge in [0.25, 0.3) is 11.8 Å². The van der Waals surface area contributed by atoms with Crippen molar-refractivity contribution in [3.05, 3.63) is 35.4 Å². The molecule has 0 unspecified atom stereocenters. The fourth-order valence-electron chi connectivity index (χ4n) is 2.90. The van der Waals surface area contributed by atoms with Gasteiger partial charge in [-0.05, 0) is 31.4 Å². The average Bonchev–Trinajstić information content (AvgIpc) is 2.66. The minimum Gasteiger partial charge on any atom is -0.393 e. The molecule has 1 aromatic carbocycles.